The fourth-order valence-corrected chi connectivity index (χ4v) is 2.43. The molecule has 0 radical (unpaired) electrons. The van der Waals surface area contributed by atoms with Gasteiger partial charge in [0.25, 0.3) is 0 Å². The Labute approximate surface area is 128 Å². The van der Waals surface area contributed by atoms with Gasteiger partial charge in [-0.1, -0.05) is 77.5 Å². The second-order valence-electron chi connectivity index (χ2n) is 4.82. The van der Waals surface area contributed by atoms with Crippen molar-refractivity contribution in [3.8, 4) is 0 Å². The van der Waals surface area contributed by atoms with E-state index in [0.29, 0.717) is 0 Å². The van der Waals surface area contributed by atoms with Gasteiger partial charge in [-0.05, 0) is 24.1 Å². The molecule has 0 saturated heterocycles. The van der Waals surface area contributed by atoms with E-state index in [1.807, 2.05) is 55.5 Å². The van der Waals surface area contributed by atoms with Gasteiger partial charge in [0, 0.05) is 16.0 Å². The van der Waals surface area contributed by atoms with E-state index in [1.165, 1.54) is 0 Å². The van der Waals surface area contributed by atoms with E-state index in [0.717, 1.165) is 22.0 Å². The SMILES string of the molecule is CC(C/C=C/c1cccc(Br)c1)C(=O)c1ccccc1. The lowest BCUT2D eigenvalue weighted by atomic mass is 9.96. The van der Waals surface area contributed by atoms with Crippen LogP contribution in [0.3, 0.4) is 0 Å². The van der Waals surface area contributed by atoms with Crippen molar-refractivity contribution >= 4 is 27.8 Å². The molecule has 1 unspecified atom stereocenters. The molecule has 2 rings (SSSR count). The van der Waals surface area contributed by atoms with Crippen LogP contribution in [0, 0.1) is 5.92 Å². The lowest BCUT2D eigenvalue weighted by Crippen LogP contribution is -2.10. The molecule has 0 fully saturated rings. The summed E-state index contributed by atoms with van der Waals surface area (Å²) in [7, 11) is 0. The van der Waals surface area contributed by atoms with Crippen LogP contribution >= 0.6 is 15.9 Å². The lowest BCUT2D eigenvalue weighted by Gasteiger charge is -2.07. The average molecular weight is 329 g/mol. The number of benzene rings is 2. The van der Waals surface area contributed by atoms with Gasteiger partial charge >= 0.3 is 0 Å². The number of hydrogen-bond acceptors (Lipinski definition) is 1. The summed E-state index contributed by atoms with van der Waals surface area (Å²) in [6, 6.07) is 17.6. The van der Waals surface area contributed by atoms with Gasteiger partial charge in [0.05, 0.1) is 0 Å². The van der Waals surface area contributed by atoms with E-state index in [4.69, 9.17) is 0 Å². The molecule has 0 spiro atoms. The minimum absolute atomic E-state index is 0.000743. The number of rotatable bonds is 5. The molecule has 20 heavy (non-hydrogen) atoms. The van der Waals surface area contributed by atoms with Crippen molar-refractivity contribution in [3.05, 3.63) is 76.3 Å². The molecule has 0 aliphatic heterocycles. The smallest absolute Gasteiger partial charge is 0.165 e. The number of Topliss-reactive ketones (excluding diaryl/α,β-unsaturated/α-hetero) is 1. The monoisotopic (exact) mass is 328 g/mol. The van der Waals surface area contributed by atoms with Gasteiger partial charge in [-0.3, -0.25) is 4.79 Å². The van der Waals surface area contributed by atoms with Gasteiger partial charge in [-0.15, -0.1) is 0 Å². The molecule has 1 atom stereocenters. The van der Waals surface area contributed by atoms with E-state index in [2.05, 4.69) is 34.1 Å². The van der Waals surface area contributed by atoms with Crippen molar-refractivity contribution in [2.75, 3.05) is 0 Å². The Balaban J connectivity index is 1.95. The summed E-state index contributed by atoms with van der Waals surface area (Å²) in [6.45, 7) is 1.97. The number of hydrogen-bond donors (Lipinski definition) is 0. The zero-order valence-corrected chi connectivity index (χ0v) is 13.0. The van der Waals surface area contributed by atoms with Crippen LogP contribution in [0.4, 0.5) is 0 Å². The van der Waals surface area contributed by atoms with Crippen LogP contribution in [0.2, 0.25) is 0 Å². The third-order valence-corrected chi connectivity index (χ3v) is 3.65. The van der Waals surface area contributed by atoms with Gasteiger partial charge in [0.15, 0.2) is 5.78 Å². The topological polar surface area (TPSA) is 17.1 Å². The highest BCUT2D eigenvalue weighted by atomic mass is 79.9. The average Bonchev–Trinajstić information content (AvgIpc) is 2.47. The highest BCUT2D eigenvalue weighted by Crippen LogP contribution is 2.16. The second-order valence-corrected chi connectivity index (χ2v) is 5.74. The zero-order valence-electron chi connectivity index (χ0n) is 11.4. The highest BCUT2D eigenvalue weighted by Gasteiger charge is 2.12. The minimum Gasteiger partial charge on any atom is -0.294 e. The quantitative estimate of drug-likeness (QED) is 0.674. The van der Waals surface area contributed by atoms with Crippen LogP contribution < -0.4 is 0 Å². The summed E-state index contributed by atoms with van der Waals surface area (Å²) in [5.74, 6) is 0.199. The van der Waals surface area contributed by atoms with Gasteiger partial charge in [-0.2, -0.15) is 0 Å². The maximum atomic E-state index is 12.2. The first kappa shape index (κ1) is 14.7. The van der Waals surface area contributed by atoms with Gasteiger partial charge < -0.3 is 0 Å². The van der Waals surface area contributed by atoms with E-state index >= 15 is 0 Å². The Bertz CT molecular complexity index is 602. The van der Waals surface area contributed by atoms with Gasteiger partial charge in [-0.25, -0.2) is 0 Å². The third-order valence-electron chi connectivity index (χ3n) is 3.15. The van der Waals surface area contributed by atoms with Crippen molar-refractivity contribution in [2.45, 2.75) is 13.3 Å². The van der Waals surface area contributed by atoms with Crippen molar-refractivity contribution in [1.82, 2.24) is 0 Å². The number of halogens is 1. The first-order valence-corrected chi connectivity index (χ1v) is 7.47. The molecular weight excluding hydrogens is 312 g/mol. The van der Waals surface area contributed by atoms with E-state index in [9.17, 15) is 4.79 Å². The maximum absolute atomic E-state index is 12.2. The summed E-state index contributed by atoms with van der Waals surface area (Å²) in [5.41, 5.74) is 1.93. The van der Waals surface area contributed by atoms with Crippen LogP contribution in [-0.2, 0) is 0 Å². The number of allylic oxidation sites excluding steroid dienone is 1. The van der Waals surface area contributed by atoms with Crippen LogP contribution in [0.15, 0.2) is 65.1 Å². The van der Waals surface area contributed by atoms with E-state index < -0.39 is 0 Å². The molecule has 0 aliphatic rings. The molecule has 0 saturated carbocycles. The summed E-state index contributed by atoms with van der Waals surface area (Å²) in [4.78, 5) is 12.2. The molecule has 0 aromatic heterocycles. The predicted molar refractivity (Wildman–Crippen MR) is 87.7 cm³/mol. The molecular formula is C18H17BrO. The van der Waals surface area contributed by atoms with Crippen LogP contribution in [0.1, 0.15) is 29.3 Å². The first-order chi connectivity index (χ1) is 9.66. The Hall–Kier alpha value is -1.67. The Morgan fingerprint density at radius 2 is 1.90 bits per heavy atom. The Morgan fingerprint density at radius 3 is 2.60 bits per heavy atom. The standard InChI is InChI=1S/C18H17BrO/c1-14(18(20)16-10-3-2-4-11-16)7-5-8-15-9-6-12-17(19)13-15/h2-6,8-14H,7H2,1H3/b8-5+. The first-order valence-electron chi connectivity index (χ1n) is 6.68. The number of carbonyl (C=O) groups is 1. The van der Waals surface area contributed by atoms with Crippen molar-refractivity contribution < 1.29 is 4.79 Å². The maximum Gasteiger partial charge on any atom is 0.165 e. The largest absolute Gasteiger partial charge is 0.294 e. The highest BCUT2D eigenvalue weighted by molar-refractivity contribution is 9.10. The molecule has 0 amide bonds. The van der Waals surface area contributed by atoms with Gasteiger partial charge in [0.1, 0.15) is 0 Å². The minimum atomic E-state index is 0.000743. The molecule has 0 bridgehead atoms. The van der Waals surface area contributed by atoms with Crippen molar-refractivity contribution in [2.24, 2.45) is 5.92 Å². The number of ketones is 1. The molecule has 2 aromatic carbocycles. The van der Waals surface area contributed by atoms with E-state index in [1.54, 1.807) is 0 Å². The fraction of sp³-hybridized carbons (Fsp3) is 0.167. The fourth-order valence-electron chi connectivity index (χ4n) is 2.01. The van der Waals surface area contributed by atoms with Crippen LogP contribution in [-0.4, -0.2) is 5.78 Å². The molecule has 0 heterocycles. The van der Waals surface area contributed by atoms with Crippen molar-refractivity contribution in [3.63, 3.8) is 0 Å². The summed E-state index contributed by atoms with van der Waals surface area (Å²) >= 11 is 3.45. The molecule has 1 nitrogen and oxygen atoms in total. The molecule has 0 aliphatic carbocycles. The predicted octanol–water partition coefficient (Wildman–Crippen LogP) is 5.37. The van der Waals surface area contributed by atoms with Crippen molar-refractivity contribution in [1.29, 1.82) is 0 Å². The molecule has 0 N–H and O–H groups in total. The normalized spacial score (nSPS) is 12.5. The third kappa shape index (κ3) is 4.17. The molecule has 2 heteroatoms. The van der Waals surface area contributed by atoms with Gasteiger partial charge in [0.2, 0.25) is 0 Å². The summed E-state index contributed by atoms with van der Waals surface area (Å²) in [6.07, 6.45) is 4.87. The lowest BCUT2D eigenvalue weighted by molar-refractivity contribution is 0.0931. The summed E-state index contributed by atoms with van der Waals surface area (Å²) < 4.78 is 1.06. The zero-order chi connectivity index (χ0) is 14.4. The molecule has 102 valence electrons. The van der Waals surface area contributed by atoms with Crippen LogP contribution in [0.5, 0.6) is 0 Å². The summed E-state index contributed by atoms with van der Waals surface area (Å²) in [5, 5.41) is 0. The molecule has 2 aromatic rings. The van der Waals surface area contributed by atoms with E-state index in [-0.39, 0.29) is 11.7 Å². The Kier molecular flexibility index (Phi) is 5.31. The second kappa shape index (κ2) is 7.20. The number of carbonyl (C=O) groups excluding carboxylic acids is 1. The Morgan fingerprint density at radius 1 is 1.15 bits per heavy atom. The van der Waals surface area contributed by atoms with Crippen LogP contribution in [0.25, 0.3) is 6.08 Å².